The van der Waals surface area contributed by atoms with E-state index in [-0.39, 0.29) is 18.2 Å². The average Bonchev–Trinajstić information content (AvgIpc) is 3.64. The number of furan rings is 1. The number of carbonyl (C=O) groups is 2. The van der Waals surface area contributed by atoms with Crippen LogP contribution in [0.4, 0.5) is 0 Å². The molecule has 0 spiro atoms. The Hall–Kier alpha value is -4.25. The maximum absolute atomic E-state index is 12.7. The number of nitrogens with one attached hydrogen (secondary N) is 2. The first-order valence-corrected chi connectivity index (χ1v) is 12.1. The lowest BCUT2D eigenvalue weighted by molar-refractivity contribution is -0.144. The summed E-state index contributed by atoms with van der Waals surface area (Å²) in [4.78, 5) is 40.4. The molecule has 0 aromatic carbocycles. The van der Waals surface area contributed by atoms with Gasteiger partial charge in [0.2, 0.25) is 0 Å². The molecule has 5 rings (SSSR count). The van der Waals surface area contributed by atoms with Gasteiger partial charge in [-0.15, -0.1) is 0 Å². The van der Waals surface area contributed by atoms with Crippen molar-refractivity contribution in [1.82, 2.24) is 29.3 Å². The van der Waals surface area contributed by atoms with E-state index >= 15 is 0 Å². The number of fused-ring (bicyclic) bond motifs is 3. The Balaban J connectivity index is 1.54. The summed E-state index contributed by atoms with van der Waals surface area (Å²) in [6, 6.07) is 5.83. The van der Waals surface area contributed by atoms with Gasteiger partial charge in [-0.25, -0.2) is 9.97 Å². The minimum atomic E-state index is -0.542. The number of methoxy groups -OCH3 is 1. The molecule has 11 heteroatoms. The molecule has 2 N–H and O–H groups in total. The van der Waals surface area contributed by atoms with E-state index in [0.29, 0.717) is 17.3 Å². The highest BCUT2D eigenvalue weighted by Crippen LogP contribution is 2.36. The number of rotatable bonds is 7. The fourth-order valence-electron chi connectivity index (χ4n) is 4.79. The third-order valence-corrected chi connectivity index (χ3v) is 6.78. The predicted octanol–water partition coefficient (Wildman–Crippen LogP) is 3.10. The first-order chi connectivity index (χ1) is 17.9. The molecule has 1 saturated heterocycles. The van der Waals surface area contributed by atoms with Gasteiger partial charge < -0.3 is 33.9 Å². The molecular formula is C26H29N7O4. The third kappa shape index (κ3) is 4.65. The Morgan fingerprint density at radius 2 is 2.08 bits per heavy atom. The van der Waals surface area contributed by atoms with Gasteiger partial charge in [0.25, 0.3) is 5.91 Å². The van der Waals surface area contributed by atoms with E-state index in [4.69, 9.17) is 14.8 Å². The Morgan fingerprint density at radius 3 is 2.81 bits per heavy atom. The number of piperidine rings is 1. The first-order valence-electron chi connectivity index (χ1n) is 12.1. The summed E-state index contributed by atoms with van der Waals surface area (Å²) in [6.45, 7) is 1.76. The molecule has 1 aliphatic rings. The van der Waals surface area contributed by atoms with Gasteiger partial charge in [0.05, 0.1) is 24.4 Å². The fraction of sp³-hybridized carbons (Fsp3) is 0.346. The van der Waals surface area contributed by atoms with Crippen molar-refractivity contribution >= 4 is 46.2 Å². The van der Waals surface area contributed by atoms with Crippen LogP contribution in [0.15, 0.2) is 40.6 Å². The molecular weight excluding hydrogens is 474 g/mol. The Kier molecular flexibility index (Phi) is 6.62. The number of imidazole rings is 1. The van der Waals surface area contributed by atoms with Gasteiger partial charge in [0.1, 0.15) is 23.5 Å². The second-order valence-electron chi connectivity index (χ2n) is 9.26. The van der Waals surface area contributed by atoms with Crippen molar-refractivity contribution in [3.8, 4) is 11.6 Å². The van der Waals surface area contributed by atoms with Crippen LogP contribution in [-0.2, 0) is 14.3 Å². The second-order valence-corrected chi connectivity index (χ2v) is 9.26. The van der Waals surface area contributed by atoms with E-state index in [1.54, 1.807) is 12.3 Å². The van der Waals surface area contributed by atoms with Gasteiger partial charge in [0, 0.05) is 30.9 Å². The van der Waals surface area contributed by atoms with Crippen LogP contribution in [0.2, 0.25) is 0 Å². The number of hydrogen-bond donors (Lipinski definition) is 2. The van der Waals surface area contributed by atoms with Crippen molar-refractivity contribution in [2.75, 3.05) is 40.8 Å². The molecule has 4 aromatic rings. The van der Waals surface area contributed by atoms with Crippen LogP contribution in [0.5, 0.6) is 0 Å². The van der Waals surface area contributed by atoms with Crippen LogP contribution >= 0.6 is 0 Å². The van der Waals surface area contributed by atoms with Crippen molar-refractivity contribution in [2.24, 2.45) is 0 Å². The number of hydrogen-bond acceptors (Lipinski definition) is 8. The molecule has 0 aliphatic carbocycles. The molecule has 37 heavy (non-hydrogen) atoms. The van der Waals surface area contributed by atoms with E-state index in [1.807, 2.05) is 18.3 Å². The molecule has 1 amide bonds. The summed E-state index contributed by atoms with van der Waals surface area (Å²) in [6.07, 6.45) is 8.05. The van der Waals surface area contributed by atoms with Gasteiger partial charge in [-0.1, -0.05) is 0 Å². The number of ether oxygens (including phenoxy) is 1. The lowest BCUT2D eigenvalue weighted by atomic mass is 10.0. The first kappa shape index (κ1) is 24.4. The minimum absolute atomic E-state index is 0.0781. The van der Waals surface area contributed by atoms with E-state index in [1.165, 1.54) is 25.1 Å². The Morgan fingerprint density at radius 1 is 1.30 bits per heavy atom. The van der Waals surface area contributed by atoms with Crippen LogP contribution in [0.25, 0.3) is 39.7 Å². The highest BCUT2D eigenvalue weighted by molar-refractivity contribution is 6.15. The predicted molar refractivity (Wildman–Crippen MR) is 139 cm³/mol. The number of likely N-dealkylation sites (N-methyl/N-ethyl adjacent to an activating group) is 1. The minimum Gasteiger partial charge on any atom is -0.468 e. The molecule has 0 bridgehead atoms. The van der Waals surface area contributed by atoms with Crippen molar-refractivity contribution in [2.45, 2.75) is 18.9 Å². The lowest BCUT2D eigenvalue weighted by Crippen LogP contribution is -2.33. The summed E-state index contributed by atoms with van der Waals surface area (Å²) in [7, 11) is 4.87. The number of carbonyl (C=O) groups excluding carboxylic acids is 2. The molecule has 11 nitrogen and oxygen atoms in total. The number of pyridine rings is 1. The number of H-pyrrole nitrogens is 1. The fourth-order valence-corrected chi connectivity index (χ4v) is 4.79. The highest BCUT2D eigenvalue weighted by atomic mass is 16.5. The Bertz CT molecular complexity index is 1500. The van der Waals surface area contributed by atoms with Gasteiger partial charge in [-0.3, -0.25) is 9.59 Å². The third-order valence-electron chi connectivity index (χ3n) is 6.78. The van der Waals surface area contributed by atoms with Crippen LogP contribution in [-0.4, -0.2) is 88.2 Å². The van der Waals surface area contributed by atoms with Crippen LogP contribution < -0.4 is 0 Å². The summed E-state index contributed by atoms with van der Waals surface area (Å²) < 4.78 is 13.0. The Labute approximate surface area is 213 Å². The van der Waals surface area contributed by atoms with Crippen LogP contribution in [0, 0.1) is 5.41 Å². The van der Waals surface area contributed by atoms with Crippen molar-refractivity contribution in [3.63, 3.8) is 0 Å². The quantitative estimate of drug-likeness (QED) is 0.225. The van der Waals surface area contributed by atoms with Crippen molar-refractivity contribution < 1.29 is 18.7 Å². The number of esters is 1. The molecule has 5 heterocycles. The molecule has 0 radical (unpaired) electrons. The van der Waals surface area contributed by atoms with Crippen LogP contribution in [0.1, 0.15) is 24.6 Å². The average molecular weight is 504 g/mol. The zero-order valence-electron chi connectivity index (χ0n) is 21.0. The SMILES string of the molecule is COC(=O)CN(C)C(=O)/C(C=N)=C/c1ccc(-c2nc3cnc4[nH]ccc4c3n2C2CCN(C)CC2)o1. The smallest absolute Gasteiger partial charge is 0.325 e. The van der Waals surface area contributed by atoms with E-state index in [0.717, 1.165) is 54.2 Å². The van der Waals surface area contributed by atoms with Gasteiger partial charge in [-0.05, 0) is 57.3 Å². The number of aromatic amines is 1. The molecule has 192 valence electrons. The summed E-state index contributed by atoms with van der Waals surface area (Å²) >= 11 is 0. The number of nitrogens with zero attached hydrogens (tertiary/aromatic N) is 5. The van der Waals surface area contributed by atoms with E-state index in [9.17, 15) is 9.59 Å². The number of likely N-dealkylation sites (tertiary alicyclic amines) is 1. The monoisotopic (exact) mass is 503 g/mol. The standard InChI is InChI=1S/C26H29N7O4/c1-31-10-7-17(8-11-31)33-23-19-6-9-28-24(19)29-14-20(23)30-25(33)21-5-4-18(37-21)12-16(13-27)26(35)32(2)15-22(34)36-3/h4-6,9,12-14,17,27H,7-8,10-11,15H2,1-3H3,(H,28,29)/b16-12+,27-13?. The summed E-state index contributed by atoms with van der Waals surface area (Å²) in [5.41, 5.74) is 2.69. The molecule has 0 atom stereocenters. The second kappa shape index (κ2) is 10.0. The van der Waals surface area contributed by atoms with Gasteiger partial charge in [-0.2, -0.15) is 0 Å². The van der Waals surface area contributed by atoms with Gasteiger partial charge in [0.15, 0.2) is 11.6 Å². The normalized spacial score (nSPS) is 15.4. The maximum Gasteiger partial charge on any atom is 0.325 e. The maximum atomic E-state index is 12.7. The van der Waals surface area contributed by atoms with E-state index < -0.39 is 11.9 Å². The zero-order chi connectivity index (χ0) is 26.1. The molecule has 4 aromatic heterocycles. The zero-order valence-corrected chi connectivity index (χ0v) is 21.0. The highest BCUT2D eigenvalue weighted by Gasteiger charge is 2.27. The van der Waals surface area contributed by atoms with Crippen LogP contribution in [0.3, 0.4) is 0 Å². The molecule has 1 fully saturated rings. The molecule has 1 aliphatic heterocycles. The lowest BCUT2D eigenvalue weighted by Gasteiger charge is -2.31. The van der Waals surface area contributed by atoms with Gasteiger partial charge >= 0.3 is 5.97 Å². The topological polar surface area (TPSA) is 133 Å². The molecule has 0 unspecified atom stereocenters. The molecule has 0 saturated carbocycles. The summed E-state index contributed by atoms with van der Waals surface area (Å²) in [5, 5.41) is 8.73. The van der Waals surface area contributed by atoms with Crippen molar-refractivity contribution in [1.29, 1.82) is 5.41 Å². The number of amides is 1. The largest absolute Gasteiger partial charge is 0.468 e. The summed E-state index contributed by atoms with van der Waals surface area (Å²) in [5.74, 6) is 0.632. The van der Waals surface area contributed by atoms with E-state index in [2.05, 4.69) is 31.2 Å². The van der Waals surface area contributed by atoms with Crippen molar-refractivity contribution in [3.05, 3.63) is 41.9 Å². The number of aromatic nitrogens is 4.